The molecule has 2 aromatic carbocycles. The van der Waals surface area contributed by atoms with Crippen molar-refractivity contribution in [2.75, 3.05) is 37.5 Å². The van der Waals surface area contributed by atoms with Gasteiger partial charge in [0.25, 0.3) is 0 Å². The zero-order valence-electron chi connectivity index (χ0n) is 19.1. The highest BCUT2D eigenvalue weighted by Crippen LogP contribution is 2.35. The number of piperidine rings is 1. The number of ether oxygens (including phenoxy) is 2. The third-order valence-electron chi connectivity index (χ3n) is 5.71. The van der Waals surface area contributed by atoms with Crippen LogP contribution in [-0.2, 0) is 4.79 Å². The van der Waals surface area contributed by atoms with Crippen molar-refractivity contribution in [1.29, 1.82) is 0 Å². The molecule has 0 unspecified atom stereocenters. The summed E-state index contributed by atoms with van der Waals surface area (Å²) in [5, 5.41) is 3.89. The third kappa shape index (κ3) is 5.57. The second kappa shape index (κ2) is 10.6. The first-order chi connectivity index (χ1) is 16.1. The van der Waals surface area contributed by atoms with Crippen LogP contribution in [0.2, 0.25) is 0 Å². The van der Waals surface area contributed by atoms with Crippen LogP contribution in [0.5, 0.6) is 11.5 Å². The van der Waals surface area contributed by atoms with E-state index in [4.69, 9.17) is 9.47 Å². The lowest BCUT2D eigenvalue weighted by atomic mass is 9.96. The molecular weight excluding hydrogens is 436 g/mol. The van der Waals surface area contributed by atoms with Crippen LogP contribution in [0.25, 0.3) is 0 Å². The molecule has 1 N–H and O–H groups in total. The molecule has 7 nitrogen and oxygen atoms in total. The lowest BCUT2D eigenvalue weighted by Gasteiger charge is -2.32. The molecule has 2 heterocycles. The van der Waals surface area contributed by atoms with Gasteiger partial charge in [0, 0.05) is 42.4 Å². The maximum atomic E-state index is 13.0. The Morgan fingerprint density at radius 1 is 1.03 bits per heavy atom. The molecule has 0 spiro atoms. The highest BCUT2D eigenvalue weighted by atomic mass is 32.2. The van der Waals surface area contributed by atoms with Crippen molar-refractivity contribution >= 4 is 29.2 Å². The van der Waals surface area contributed by atoms with E-state index in [1.807, 2.05) is 0 Å². The first-order valence-corrected chi connectivity index (χ1v) is 11.7. The van der Waals surface area contributed by atoms with Crippen molar-refractivity contribution in [3.8, 4) is 11.5 Å². The summed E-state index contributed by atoms with van der Waals surface area (Å²) in [6, 6.07) is 13.8. The molecule has 33 heavy (non-hydrogen) atoms. The standard InChI is InChI=1S/C25H28N4O3S/c1-17-4-7-20(8-5-17)33-25-23(26-12-13-27-25)29-14-10-18(11-15-29)24(30)28-21-16-19(31-2)6-9-22(21)32-3/h4-9,12-13,16,18H,10-11,14-15H2,1-3H3,(H,28,30). The van der Waals surface area contributed by atoms with Crippen LogP contribution in [0, 0.1) is 12.8 Å². The number of carbonyl (C=O) groups is 1. The number of rotatable bonds is 7. The largest absolute Gasteiger partial charge is 0.497 e. The van der Waals surface area contributed by atoms with E-state index in [1.165, 1.54) is 5.56 Å². The van der Waals surface area contributed by atoms with E-state index in [0.29, 0.717) is 17.2 Å². The molecule has 4 rings (SSSR count). The maximum Gasteiger partial charge on any atom is 0.227 e. The number of amides is 1. The van der Waals surface area contributed by atoms with Gasteiger partial charge >= 0.3 is 0 Å². The van der Waals surface area contributed by atoms with E-state index in [2.05, 4.69) is 51.4 Å². The summed E-state index contributed by atoms with van der Waals surface area (Å²) in [5.74, 6) is 2.06. The molecule has 1 aliphatic heterocycles. The van der Waals surface area contributed by atoms with Gasteiger partial charge in [-0.15, -0.1) is 0 Å². The normalized spacial score (nSPS) is 14.1. The first kappa shape index (κ1) is 22.9. The van der Waals surface area contributed by atoms with Gasteiger partial charge < -0.3 is 19.7 Å². The topological polar surface area (TPSA) is 76.6 Å². The van der Waals surface area contributed by atoms with Gasteiger partial charge in [-0.3, -0.25) is 4.79 Å². The molecule has 3 aromatic rings. The van der Waals surface area contributed by atoms with Crippen LogP contribution < -0.4 is 19.7 Å². The minimum Gasteiger partial charge on any atom is -0.497 e. The van der Waals surface area contributed by atoms with Gasteiger partial charge in [-0.05, 0) is 44.0 Å². The number of carbonyl (C=O) groups excluding carboxylic acids is 1. The Balaban J connectivity index is 1.40. The van der Waals surface area contributed by atoms with Crippen molar-refractivity contribution in [2.45, 2.75) is 29.7 Å². The average Bonchev–Trinajstić information content (AvgIpc) is 2.86. The van der Waals surface area contributed by atoms with E-state index < -0.39 is 0 Å². The number of aromatic nitrogens is 2. The Morgan fingerprint density at radius 3 is 2.45 bits per heavy atom. The van der Waals surface area contributed by atoms with Gasteiger partial charge in [0.1, 0.15) is 16.5 Å². The minimum atomic E-state index is -0.0815. The van der Waals surface area contributed by atoms with Crippen LogP contribution in [-0.4, -0.2) is 43.2 Å². The maximum absolute atomic E-state index is 13.0. The fraction of sp³-hybridized carbons (Fsp3) is 0.320. The van der Waals surface area contributed by atoms with Crippen LogP contribution in [0.3, 0.4) is 0 Å². The molecule has 1 fully saturated rings. The molecule has 172 valence electrons. The summed E-state index contributed by atoms with van der Waals surface area (Å²) >= 11 is 1.61. The van der Waals surface area contributed by atoms with E-state index >= 15 is 0 Å². The number of benzene rings is 2. The summed E-state index contributed by atoms with van der Waals surface area (Å²) in [7, 11) is 3.18. The number of hydrogen-bond donors (Lipinski definition) is 1. The first-order valence-electron chi connectivity index (χ1n) is 10.9. The highest BCUT2D eigenvalue weighted by Gasteiger charge is 2.27. The molecule has 1 aromatic heterocycles. The number of nitrogens with one attached hydrogen (secondary N) is 1. The van der Waals surface area contributed by atoms with E-state index in [0.717, 1.165) is 41.7 Å². The van der Waals surface area contributed by atoms with E-state index in [1.54, 1.807) is 56.6 Å². The SMILES string of the molecule is COc1ccc(OC)c(NC(=O)C2CCN(c3nccnc3Sc3ccc(C)cc3)CC2)c1. The number of anilines is 2. The zero-order chi connectivity index (χ0) is 23.2. The lowest BCUT2D eigenvalue weighted by Crippen LogP contribution is -2.39. The molecule has 1 aliphatic rings. The lowest BCUT2D eigenvalue weighted by molar-refractivity contribution is -0.120. The molecule has 0 atom stereocenters. The van der Waals surface area contributed by atoms with Crippen LogP contribution in [0.1, 0.15) is 18.4 Å². The fourth-order valence-corrected chi connectivity index (χ4v) is 4.71. The smallest absolute Gasteiger partial charge is 0.227 e. The van der Waals surface area contributed by atoms with E-state index in [9.17, 15) is 4.79 Å². The zero-order valence-corrected chi connectivity index (χ0v) is 19.9. The van der Waals surface area contributed by atoms with Crippen LogP contribution >= 0.6 is 11.8 Å². The Morgan fingerprint density at radius 2 is 1.76 bits per heavy atom. The second-order valence-corrected chi connectivity index (χ2v) is 8.98. The minimum absolute atomic E-state index is 0.00500. The Labute approximate surface area is 198 Å². The van der Waals surface area contributed by atoms with Crippen molar-refractivity contribution in [1.82, 2.24) is 9.97 Å². The van der Waals surface area contributed by atoms with Gasteiger partial charge in [0.05, 0.1) is 19.9 Å². The van der Waals surface area contributed by atoms with Gasteiger partial charge in [-0.2, -0.15) is 0 Å². The molecule has 0 bridgehead atoms. The quantitative estimate of drug-likeness (QED) is 0.538. The molecule has 0 saturated carbocycles. The van der Waals surface area contributed by atoms with E-state index in [-0.39, 0.29) is 11.8 Å². The van der Waals surface area contributed by atoms with Crippen LogP contribution in [0.15, 0.2) is 64.8 Å². The summed E-state index contributed by atoms with van der Waals surface area (Å²) in [6.45, 7) is 3.56. The summed E-state index contributed by atoms with van der Waals surface area (Å²) in [6.07, 6.45) is 4.93. The molecule has 1 saturated heterocycles. The van der Waals surface area contributed by atoms with Gasteiger partial charge in [-0.25, -0.2) is 9.97 Å². The highest BCUT2D eigenvalue weighted by molar-refractivity contribution is 7.99. The number of methoxy groups -OCH3 is 2. The summed E-state index contributed by atoms with van der Waals surface area (Å²) in [4.78, 5) is 25.5. The third-order valence-corrected chi connectivity index (χ3v) is 6.70. The van der Waals surface area contributed by atoms with Crippen molar-refractivity contribution in [2.24, 2.45) is 5.92 Å². The predicted molar refractivity (Wildman–Crippen MR) is 130 cm³/mol. The molecule has 8 heteroatoms. The Kier molecular flexibility index (Phi) is 7.34. The number of hydrogen-bond acceptors (Lipinski definition) is 7. The Bertz CT molecular complexity index is 1100. The monoisotopic (exact) mass is 464 g/mol. The number of nitrogens with zero attached hydrogens (tertiary/aromatic N) is 3. The summed E-state index contributed by atoms with van der Waals surface area (Å²) < 4.78 is 10.7. The average molecular weight is 465 g/mol. The molecule has 0 radical (unpaired) electrons. The van der Waals surface area contributed by atoms with Gasteiger partial charge in [0.15, 0.2) is 5.82 Å². The predicted octanol–water partition coefficient (Wildman–Crippen LogP) is 4.81. The van der Waals surface area contributed by atoms with Crippen molar-refractivity contribution < 1.29 is 14.3 Å². The van der Waals surface area contributed by atoms with Gasteiger partial charge in [-0.1, -0.05) is 29.5 Å². The molecule has 1 amide bonds. The Hall–Kier alpha value is -3.26. The molecular formula is C25H28N4O3S. The number of aryl methyl sites for hydroxylation is 1. The van der Waals surface area contributed by atoms with Gasteiger partial charge in [0.2, 0.25) is 5.91 Å². The summed E-state index contributed by atoms with van der Waals surface area (Å²) in [5.41, 5.74) is 1.85. The molecule has 0 aliphatic carbocycles. The fourth-order valence-electron chi connectivity index (χ4n) is 3.82. The second-order valence-electron chi connectivity index (χ2n) is 7.92. The van der Waals surface area contributed by atoms with Crippen LogP contribution in [0.4, 0.5) is 11.5 Å². The van der Waals surface area contributed by atoms with Crippen molar-refractivity contribution in [3.05, 3.63) is 60.4 Å². The van der Waals surface area contributed by atoms with Crippen molar-refractivity contribution in [3.63, 3.8) is 0 Å².